The molecule has 1 fully saturated rings. The van der Waals surface area contributed by atoms with Crippen LogP contribution in [0.5, 0.6) is 0 Å². The fraction of sp³-hybridized carbons (Fsp3) is 0.706. The number of carbonyl (C=O) groups is 1. The fourth-order valence-corrected chi connectivity index (χ4v) is 3.74. The molecule has 130 valence electrons. The van der Waals surface area contributed by atoms with Gasteiger partial charge in [-0.05, 0) is 51.0 Å². The highest BCUT2D eigenvalue weighted by Crippen LogP contribution is 2.28. The number of thiophene rings is 1. The number of carbonyl (C=O) groups excluding carboxylic acids is 1. The van der Waals surface area contributed by atoms with Crippen molar-refractivity contribution >= 4 is 23.1 Å². The molecule has 1 atom stereocenters. The van der Waals surface area contributed by atoms with Crippen LogP contribution in [0.1, 0.15) is 51.3 Å². The molecule has 1 aliphatic rings. The van der Waals surface area contributed by atoms with Gasteiger partial charge >= 0.3 is 6.09 Å². The van der Waals surface area contributed by atoms with Crippen LogP contribution >= 0.6 is 11.3 Å². The maximum Gasteiger partial charge on any atom is 0.407 e. The Labute approximate surface area is 143 Å². The zero-order valence-electron chi connectivity index (χ0n) is 14.4. The van der Waals surface area contributed by atoms with Crippen molar-refractivity contribution in [2.24, 2.45) is 5.92 Å². The number of rotatable bonds is 6. The normalized spacial score (nSPS) is 17.2. The average Bonchev–Trinajstić information content (AvgIpc) is 3.09. The monoisotopic (exact) mass is 339 g/mol. The maximum atomic E-state index is 11.9. The number of nitrogens with two attached hydrogens (primary N) is 1. The maximum absolute atomic E-state index is 11.9. The van der Waals surface area contributed by atoms with E-state index < -0.39 is 5.60 Å². The van der Waals surface area contributed by atoms with Crippen molar-refractivity contribution in [1.29, 1.82) is 0 Å². The molecule has 0 radical (unpaired) electrons. The van der Waals surface area contributed by atoms with E-state index in [1.165, 1.54) is 25.7 Å². The molecule has 0 aromatic carbocycles. The average molecular weight is 340 g/mol. The minimum absolute atomic E-state index is 0.256. The molecule has 1 aliphatic carbocycles. The van der Waals surface area contributed by atoms with E-state index in [4.69, 9.17) is 10.5 Å². The van der Waals surface area contributed by atoms with Crippen LogP contribution in [0.2, 0.25) is 0 Å². The molecule has 1 aromatic heterocycles. The number of hydrogen-bond acceptors (Lipinski definition) is 5. The SMILES string of the molecule is CC(C)(C)OC(=O)NCC(NCc1sccc1N)C1CCCC1. The molecular formula is C17H29N3O2S. The zero-order valence-corrected chi connectivity index (χ0v) is 15.2. The standard InChI is InChI=1S/C17H29N3O2S/c1-17(2,3)22-16(21)20-10-14(12-6-4-5-7-12)19-11-15-13(18)8-9-23-15/h8-9,12,14,19H,4-7,10-11,18H2,1-3H3,(H,20,21). The van der Waals surface area contributed by atoms with Crippen LogP contribution in [0, 0.1) is 5.92 Å². The molecule has 1 amide bonds. The Balaban J connectivity index is 1.87. The fourth-order valence-electron chi connectivity index (χ4n) is 2.99. The highest BCUT2D eigenvalue weighted by molar-refractivity contribution is 7.10. The molecule has 1 saturated carbocycles. The number of hydrogen-bond donors (Lipinski definition) is 3. The summed E-state index contributed by atoms with van der Waals surface area (Å²) in [5.74, 6) is 0.603. The number of amides is 1. The van der Waals surface area contributed by atoms with Crippen LogP contribution in [-0.2, 0) is 11.3 Å². The van der Waals surface area contributed by atoms with E-state index in [0.29, 0.717) is 12.5 Å². The van der Waals surface area contributed by atoms with E-state index in [-0.39, 0.29) is 12.1 Å². The molecule has 23 heavy (non-hydrogen) atoms. The Morgan fingerprint density at radius 1 is 1.43 bits per heavy atom. The predicted octanol–water partition coefficient (Wildman–Crippen LogP) is 3.50. The molecule has 0 saturated heterocycles. The highest BCUT2D eigenvalue weighted by Gasteiger charge is 2.26. The molecule has 1 unspecified atom stereocenters. The summed E-state index contributed by atoms with van der Waals surface area (Å²) < 4.78 is 5.32. The van der Waals surface area contributed by atoms with Gasteiger partial charge in [0.25, 0.3) is 0 Å². The van der Waals surface area contributed by atoms with Crippen molar-refractivity contribution in [2.75, 3.05) is 12.3 Å². The lowest BCUT2D eigenvalue weighted by molar-refractivity contribution is 0.0518. The minimum atomic E-state index is -0.466. The van der Waals surface area contributed by atoms with Crippen LogP contribution in [0.4, 0.5) is 10.5 Å². The molecule has 1 aromatic rings. The second kappa shape index (κ2) is 8.02. The van der Waals surface area contributed by atoms with Gasteiger partial charge < -0.3 is 21.1 Å². The summed E-state index contributed by atoms with van der Waals surface area (Å²) in [4.78, 5) is 13.0. The van der Waals surface area contributed by atoms with Gasteiger partial charge in [0.1, 0.15) is 5.60 Å². The summed E-state index contributed by atoms with van der Waals surface area (Å²) in [5.41, 5.74) is 6.33. The largest absolute Gasteiger partial charge is 0.444 e. The molecular weight excluding hydrogens is 310 g/mol. The van der Waals surface area contributed by atoms with Crippen molar-refractivity contribution in [3.63, 3.8) is 0 Å². The Hall–Kier alpha value is -1.27. The Morgan fingerprint density at radius 3 is 2.70 bits per heavy atom. The number of ether oxygens (including phenoxy) is 1. The summed E-state index contributed by atoms with van der Waals surface area (Å²) in [5, 5.41) is 8.50. The summed E-state index contributed by atoms with van der Waals surface area (Å²) in [7, 11) is 0. The molecule has 5 nitrogen and oxygen atoms in total. The number of nitrogens with one attached hydrogen (secondary N) is 2. The third kappa shape index (κ3) is 6.03. The first-order chi connectivity index (χ1) is 10.8. The van der Waals surface area contributed by atoms with Gasteiger partial charge in [-0.2, -0.15) is 0 Å². The first-order valence-electron chi connectivity index (χ1n) is 8.37. The Bertz CT molecular complexity index is 504. The van der Waals surface area contributed by atoms with Crippen molar-refractivity contribution in [1.82, 2.24) is 10.6 Å². The lowest BCUT2D eigenvalue weighted by atomic mass is 9.98. The van der Waals surface area contributed by atoms with Crippen molar-refractivity contribution in [3.05, 3.63) is 16.3 Å². The second-order valence-corrected chi connectivity index (χ2v) is 8.21. The quantitative estimate of drug-likeness (QED) is 0.741. The van der Waals surface area contributed by atoms with Gasteiger partial charge in [0.05, 0.1) is 0 Å². The molecule has 1 heterocycles. The molecule has 2 rings (SSSR count). The van der Waals surface area contributed by atoms with E-state index in [1.54, 1.807) is 11.3 Å². The first kappa shape index (κ1) is 18.1. The van der Waals surface area contributed by atoms with Gasteiger partial charge in [-0.25, -0.2) is 4.79 Å². The van der Waals surface area contributed by atoms with Gasteiger partial charge in [0.2, 0.25) is 0 Å². The van der Waals surface area contributed by atoms with Gasteiger partial charge in [0, 0.05) is 29.7 Å². The van der Waals surface area contributed by atoms with Gasteiger partial charge in [-0.3, -0.25) is 0 Å². The van der Waals surface area contributed by atoms with E-state index in [1.807, 2.05) is 32.2 Å². The van der Waals surface area contributed by atoms with Crippen LogP contribution in [-0.4, -0.2) is 24.3 Å². The third-order valence-electron chi connectivity index (χ3n) is 4.14. The van der Waals surface area contributed by atoms with Gasteiger partial charge in [-0.1, -0.05) is 12.8 Å². The number of nitrogen functional groups attached to an aromatic ring is 1. The van der Waals surface area contributed by atoms with Crippen LogP contribution in [0.15, 0.2) is 11.4 Å². The summed E-state index contributed by atoms with van der Waals surface area (Å²) in [6.45, 7) is 6.96. The Kier molecular flexibility index (Phi) is 6.30. The van der Waals surface area contributed by atoms with Crippen LogP contribution < -0.4 is 16.4 Å². The molecule has 0 bridgehead atoms. The van der Waals surface area contributed by atoms with Gasteiger partial charge in [-0.15, -0.1) is 11.3 Å². The first-order valence-corrected chi connectivity index (χ1v) is 9.25. The number of anilines is 1. The zero-order chi connectivity index (χ0) is 16.9. The third-order valence-corrected chi connectivity index (χ3v) is 5.08. The predicted molar refractivity (Wildman–Crippen MR) is 95.6 cm³/mol. The summed E-state index contributed by atoms with van der Waals surface area (Å²) in [6, 6.07) is 2.19. The summed E-state index contributed by atoms with van der Waals surface area (Å²) in [6.07, 6.45) is 4.63. The van der Waals surface area contributed by atoms with E-state index >= 15 is 0 Å². The minimum Gasteiger partial charge on any atom is -0.444 e. The van der Waals surface area contributed by atoms with Gasteiger partial charge in [0.15, 0.2) is 0 Å². The van der Waals surface area contributed by atoms with E-state index in [2.05, 4.69) is 10.6 Å². The second-order valence-electron chi connectivity index (χ2n) is 7.21. The van der Waals surface area contributed by atoms with Crippen LogP contribution in [0.25, 0.3) is 0 Å². The number of alkyl carbamates (subject to hydrolysis) is 1. The summed E-state index contributed by atoms with van der Waals surface area (Å²) >= 11 is 1.67. The van der Waals surface area contributed by atoms with Crippen molar-refractivity contribution < 1.29 is 9.53 Å². The van der Waals surface area contributed by atoms with Crippen molar-refractivity contribution in [3.8, 4) is 0 Å². The van der Waals surface area contributed by atoms with Crippen LogP contribution in [0.3, 0.4) is 0 Å². The molecule has 6 heteroatoms. The molecule has 0 spiro atoms. The lowest BCUT2D eigenvalue weighted by Gasteiger charge is -2.26. The highest BCUT2D eigenvalue weighted by atomic mass is 32.1. The Morgan fingerprint density at radius 2 is 2.13 bits per heavy atom. The van der Waals surface area contributed by atoms with Crippen molar-refractivity contribution in [2.45, 2.75) is 64.6 Å². The van der Waals surface area contributed by atoms with E-state index in [9.17, 15) is 4.79 Å². The smallest absolute Gasteiger partial charge is 0.407 e. The molecule has 0 aliphatic heterocycles. The molecule has 4 N–H and O–H groups in total. The topological polar surface area (TPSA) is 76.4 Å². The lowest BCUT2D eigenvalue weighted by Crippen LogP contribution is -2.45. The van der Waals surface area contributed by atoms with E-state index in [0.717, 1.165) is 17.1 Å².